The van der Waals surface area contributed by atoms with Crippen LogP contribution in [0.4, 0.5) is 0 Å². The van der Waals surface area contributed by atoms with Crippen molar-refractivity contribution in [2.45, 2.75) is 19.4 Å². The number of benzene rings is 1. The highest BCUT2D eigenvalue weighted by Gasteiger charge is 2.11. The largest absolute Gasteiger partial charge is 0.508 e. The molecule has 0 saturated heterocycles. The van der Waals surface area contributed by atoms with E-state index in [0.29, 0.717) is 22.1 Å². The molecule has 1 aromatic heterocycles. The second kappa shape index (κ2) is 4.66. The van der Waals surface area contributed by atoms with Crippen LogP contribution in [0.25, 0.3) is 11.0 Å². The first-order valence-corrected chi connectivity index (χ1v) is 5.56. The molecular weight excluding hydrogens is 232 g/mol. The molecular formula is C14H14O4. The molecule has 18 heavy (non-hydrogen) atoms. The molecule has 0 radical (unpaired) electrons. The molecule has 2 rings (SSSR count). The summed E-state index contributed by atoms with van der Waals surface area (Å²) < 4.78 is 4.95. The number of phenolic OH excluding ortho intramolecular Hbond substituents is 1. The summed E-state index contributed by atoms with van der Waals surface area (Å²) in [5.41, 5.74) is 1.09. The van der Waals surface area contributed by atoms with Gasteiger partial charge in [-0.05, 0) is 24.6 Å². The average molecular weight is 246 g/mol. The van der Waals surface area contributed by atoms with E-state index in [1.54, 1.807) is 19.1 Å². The molecule has 0 aliphatic carbocycles. The van der Waals surface area contributed by atoms with Gasteiger partial charge in [0.1, 0.15) is 11.3 Å². The molecule has 1 atom stereocenters. The number of hydrogen-bond donors (Lipinski definition) is 2. The van der Waals surface area contributed by atoms with E-state index in [1.807, 2.05) is 0 Å². The SMILES string of the molecule is C=C(C)[C@@H](O)Cc1cc2ccc(=O)oc2cc1O. The lowest BCUT2D eigenvalue weighted by atomic mass is 10.0. The van der Waals surface area contributed by atoms with Gasteiger partial charge in [0, 0.05) is 23.9 Å². The number of rotatable bonds is 3. The van der Waals surface area contributed by atoms with Crippen molar-refractivity contribution in [3.8, 4) is 5.75 Å². The lowest BCUT2D eigenvalue weighted by molar-refractivity contribution is 0.210. The van der Waals surface area contributed by atoms with Crippen molar-refractivity contribution in [2.75, 3.05) is 0 Å². The molecule has 4 nitrogen and oxygen atoms in total. The van der Waals surface area contributed by atoms with Crippen LogP contribution in [0.15, 0.2) is 45.6 Å². The highest BCUT2D eigenvalue weighted by Crippen LogP contribution is 2.26. The first-order valence-electron chi connectivity index (χ1n) is 5.56. The molecule has 0 aliphatic heterocycles. The summed E-state index contributed by atoms with van der Waals surface area (Å²) in [4.78, 5) is 11.0. The Hall–Kier alpha value is -2.07. The van der Waals surface area contributed by atoms with Crippen molar-refractivity contribution in [2.24, 2.45) is 0 Å². The second-order valence-corrected chi connectivity index (χ2v) is 4.34. The van der Waals surface area contributed by atoms with Gasteiger partial charge in [0.25, 0.3) is 0 Å². The van der Waals surface area contributed by atoms with Gasteiger partial charge < -0.3 is 14.6 Å². The Balaban J connectivity index is 2.46. The van der Waals surface area contributed by atoms with Crippen LogP contribution < -0.4 is 5.63 Å². The summed E-state index contributed by atoms with van der Waals surface area (Å²) >= 11 is 0. The minimum Gasteiger partial charge on any atom is -0.508 e. The fraction of sp³-hybridized carbons (Fsp3) is 0.214. The summed E-state index contributed by atoms with van der Waals surface area (Å²) in [6.45, 7) is 5.39. The van der Waals surface area contributed by atoms with E-state index < -0.39 is 11.7 Å². The van der Waals surface area contributed by atoms with E-state index in [1.165, 1.54) is 12.1 Å². The molecule has 0 amide bonds. The van der Waals surface area contributed by atoms with Crippen molar-refractivity contribution < 1.29 is 14.6 Å². The third kappa shape index (κ3) is 2.43. The first-order chi connectivity index (χ1) is 8.47. The molecule has 0 bridgehead atoms. The summed E-state index contributed by atoms with van der Waals surface area (Å²) in [6, 6.07) is 6.02. The number of hydrogen-bond acceptors (Lipinski definition) is 4. The van der Waals surface area contributed by atoms with E-state index in [2.05, 4.69) is 6.58 Å². The van der Waals surface area contributed by atoms with Gasteiger partial charge in [-0.25, -0.2) is 4.79 Å². The standard InChI is InChI=1S/C14H14O4/c1-8(2)11(15)6-10-5-9-3-4-14(17)18-13(9)7-12(10)16/h3-5,7,11,15-16H,1,6H2,2H3/t11-/m0/s1. The van der Waals surface area contributed by atoms with Gasteiger partial charge in [-0.3, -0.25) is 0 Å². The zero-order valence-electron chi connectivity index (χ0n) is 10.0. The summed E-state index contributed by atoms with van der Waals surface area (Å²) in [5.74, 6) is -0.00264. The minimum absolute atomic E-state index is 0.00264. The minimum atomic E-state index is -0.705. The van der Waals surface area contributed by atoms with E-state index in [-0.39, 0.29) is 12.2 Å². The van der Waals surface area contributed by atoms with Gasteiger partial charge in [-0.2, -0.15) is 0 Å². The Morgan fingerprint density at radius 1 is 1.44 bits per heavy atom. The predicted octanol–water partition coefficient (Wildman–Crippen LogP) is 1.98. The van der Waals surface area contributed by atoms with Crippen LogP contribution in [-0.2, 0) is 6.42 Å². The Morgan fingerprint density at radius 3 is 2.83 bits per heavy atom. The van der Waals surface area contributed by atoms with Crippen LogP contribution in [0.5, 0.6) is 5.75 Å². The topological polar surface area (TPSA) is 70.7 Å². The predicted molar refractivity (Wildman–Crippen MR) is 68.7 cm³/mol. The molecule has 2 aromatic rings. The molecule has 0 aliphatic rings. The lowest BCUT2D eigenvalue weighted by Gasteiger charge is -2.12. The smallest absolute Gasteiger partial charge is 0.336 e. The van der Waals surface area contributed by atoms with Crippen LogP contribution in [0, 0.1) is 0 Å². The van der Waals surface area contributed by atoms with Crippen molar-refractivity contribution in [3.63, 3.8) is 0 Å². The van der Waals surface area contributed by atoms with E-state index in [0.717, 1.165) is 0 Å². The molecule has 94 valence electrons. The second-order valence-electron chi connectivity index (χ2n) is 4.34. The molecule has 0 unspecified atom stereocenters. The summed E-state index contributed by atoms with van der Waals surface area (Å²) in [6.07, 6.45) is -0.431. The highest BCUT2D eigenvalue weighted by molar-refractivity contribution is 5.79. The zero-order valence-corrected chi connectivity index (χ0v) is 10.0. The van der Waals surface area contributed by atoms with Crippen LogP contribution in [0.1, 0.15) is 12.5 Å². The maximum Gasteiger partial charge on any atom is 0.336 e. The van der Waals surface area contributed by atoms with Crippen molar-refractivity contribution in [1.82, 2.24) is 0 Å². The van der Waals surface area contributed by atoms with Gasteiger partial charge in [0.15, 0.2) is 0 Å². The monoisotopic (exact) mass is 246 g/mol. The number of aliphatic hydroxyl groups excluding tert-OH is 1. The van der Waals surface area contributed by atoms with Crippen molar-refractivity contribution in [3.05, 3.63) is 52.4 Å². The van der Waals surface area contributed by atoms with E-state index >= 15 is 0 Å². The average Bonchev–Trinajstić information content (AvgIpc) is 2.30. The summed E-state index contributed by atoms with van der Waals surface area (Å²) in [7, 11) is 0. The molecule has 1 aromatic carbocycles. The molecule has 4 heteroatoms. The highest BCUT2D eigenvalue weighted by atomic mass is 16.4. The molecule has 0 spiro atoms. The zero-order chi connectivity index (χ0) is 13.3. The Morgan fingerprint density at radius 2 is 2.17 bits per heavy atom. The number of fused-ring (bicyclic) bond motifs is 1. The number of phenols is 1. The van der Waals surface area contributed by atoms with Crippen molar-refractivity contribution >= 4 is 11.0 Å². The Labute approximate surface area is 104 Å². The normalized spacial score (nSPS) is 12.6. The summed E-state index contributed by atoms with van der Waals surface area (Å²) in [5, 5.41) is 20.3. The van der Waals surface area contributed by atoms with Gasteiger partial charge in [-0.15, -0.1) is 0 Å². The van der Waals surface area contributed by atoms with Crippen LogP contribution in [0.2, 0.25) is 0 Å². The molecule has 0 saturated carbocycles. The Kier molecular flexibility index (Phi) is 3.21. The molecule has 1 heterocycles. The van der Waals surface area contributed by atoms with Gasteiger partial charge in [-0.1, -0.05) is 12.2 Å². The number of aromatic hydroxyl groups is 1. The van der Waals surface area contributed by atoms with Crippen LogP contribution in [0.3, 0.4) is 0 Å². The maximum absolute atomic E-state index is 11.0. The quantitative estimate of drug-likeness (QED) is 0.641. The number of aliphatic hydroxyl groups is 1. The van der Waals surface area contributed by atoms with E-state index in [4.69, 9.17) is 4.42 Å². The maximum atomic E-state index is 11.0. The fourth-order valence-electron chi connectivity index (χ4n) is 1.70. The molecule has 0 fully saturated rings. The van der Waals surface area contributed by atoms with Crippen LogP contribution >= 0.6 is 0 Å². The third-order valence-corrected chi connectivity index (χ3v) is 2.80. The Bertz CT molecular complexity index is 654. The van der Waals surface area contributed by atoms with Gasteiger partial charge >= 0.3 is 5.63 Å². The van der Waals surface area contributed by atoms with E-state index in [9.17, 15) is 15.0 Å². The molecule has 2 N–H and O–H groups in total. The van der Waals surface area contributed by atoms with Gasteiger partial charge in [0.05, 0.1) is 6.10 Å². The first kappa shape index (κ1) is 12.4. The lowest BCUT2D eigenvalue weighted by Crippen LogP contribution is -2.11. The van der Waals surface area contributed by atoms with Crippen molar-refractivity contribution in [1.29, 1.82) is 0 Å². The third-order valence-electron chi connectivity index (χ3n) is 2.80. The van der Waals surface area contributed by atoms with Crippen LogP contribution in [-0.4, -0.2) is 16.3 Å². The van der Waals surface area contributed by atoms with Gasteiger partial charge in [0.2, 0.25) is 0 Å². The fourth-order valence-corrected chi connectivity index (χ4v) is 1.70.